The van der Waals surface area contributed by atoms with Gasteiger partial charge in [-0.15, -0.1) is 0 Å². The minimum atomic E-state index is -0.697. The highest BCUT2D eigenvalue weighted by Gasteiger charge is 2.54. The molecule has 2 aliphatic heterocycles. The molecule has 33 heavy (non-hydrogen) atoms. The van der Waals surface area contributed by atoms with Gasteiger partial charge in [-0.05, 0) is 38.0 Å². The van der Waals surface area contributed by atoms with Crippen LogP contribution in [0, 0.1) is 19.7 Å². The normalized spacial score (nSPS) is 17.5. The number of fused-ring (bicyclic) bond motifs is 3. The van der Waals surface area contributed by atoms with Gasteiger partial charge < -0.3 is 4.57 Å². The summed E-state index contributed by atoms with van der Waals surface area (Å²) in [5, 5.41) is 0. The molecule has 1 saturated heterocycles. The maximum absolute atomic E-state index is 13.5. The molecule has 9 nitrogen and oxygen atoms in total. The molecule has 10 heteroatoms. The van der Waals surface area contributed by atoms with Gasteiger partial charge in [-0.25, -0.2) is 23.3 Å². The Morgan fingerprint density at radius 2 is 1.91 bits per heavy atom. The largest absolute Gasteiger partial charge is 0.402 e. The second kappa shape index (κ2) is 7.95. The third-order valence-corrected chi connectivity index (χ3v) is 6.44. The van der Waals surface area contributed by atoms with Crippen molar-refractivity contribution in [2.24, 2.45) is 4.99 Å². The van der Waals surface area contributed by atoms with E-state index < -0.39 is 12.1 Å². The summed E-state index contributed by atoms with van der Waals surface area (Å²) in [6.07, 6.45) is 6.34. The number of aliphatic imine (C=N–C) groups is 1. The van der Waals surface area contributed by atoms with E-state index in [1.54, 1.807) is 31.7 Å². The van der Waals surface area contributed by atoms with Crippen LogP contribution in [0.15, 0.2) is 48.0 Å². The Morgan fingerprint density at radius 3 is 2.61 bits per heavy atom. The first-order valence-corrected chi connectivity index (χ1v) is 10.9. The molecule has 3 aromatic rings. The molecule has 0 spiro atoms. The van der Waals surface area contributed by atoms with Crippen LogP contribution in [0.3, 0.4) is 0 Å². The first-order valence-electron chi connectivity index (χ1n) is 10.9. The second-order valence-corrected chi connectivity index (χ2v) is 8.41. The van der Waals surface area contributed by atoms with E-state index in [-0.39, 0.29) is 18.3 Å². The fourth-order valence-corrected chi connectivity index (χ4v) is 4.52. The third kappa shape index (κ3) is 3.42. The van der Waals surface area contributed by atoms with E-state index in [0.29, 0.717) is 17.3 Å². The average molecular weight is 450 g/mol. The molecule has 0 N–H and O–H groups in total. The number of rotatable bonds is 6. The van der Waals surface area contributed by atoms with E-state index in [9.17, 15) is 14.0 Å². The Hall–Kier alpha value is -3.82. The lowest BCUT2D eigenvalue weighted by Crippen LogP contribution is -2.57. The summed E-state index contributed by atoms with van der Waals surface area (Å²) >= 11 is 0. The molecule has 170 valence electrons. The molecule has 0 aliphatic carbocycles. The Balaban J connectivity index is 1.45. The van der Waals surface area contributed by atoms with Gasteiger partial charge in [-0.1, -0.05) is 17.1 Å². The van der Waals surface area contributed by atoms with Crippen LogP contribution in [0.4, 0.5) is 15.1 Å². The maximum atomic E-state index is 13.5. The van der Waals surface area contributed by atoms with Gasteiger partial charge in [-0.2, -0.15) is 0 Å². The van der Waals surface area contributed by atoms with Crippen LogP contribution in [-0.4, -0.2) is 48.7 Å². The number of imide groups is 1. The van der Waals surface area contributed by atoms with Crippen LogP contribution < -0.4 is 4.57 Å². The van der Waals surface area contributed by atoms with E-state index in [2.05, 4.69) is 9.55 Å². The first-order chi connectivity index (χ1) is 15.9. The SMILES string of the molecule is Cc1c(C)[n+](CCCn2ccnc2)c2n1C1C(=O)N(Cc3ccc(F)cc3)C(=O)N(C)C1=N2. The van der Waals surface area contributed by atoms with Crippen molar-refractivity contribution in [1.29, 1.82) is 0 Å². The van der Waals surface area contributed by atoms with Gasteiger partial charge in [0.15, 0.2) is 0 Å². The van der Waals surface area contributed by atoms with E-state index >= 15 is 0 Å². The number of amidine groups is 1. The van der Waals surface area contributed by atoms with Gasteiger partial charge in [0.05, 0.1) is 19.4 Å². The summed E-state index contributed by atoms with van der Waals surface area (Å²) in [5.41, 5.74) is 2.66. The summed E-state index contributed by atoms with van der Waals surface area (Å²) in [4.78, 5) is 38.0. The van der Waals surface area contributed by atoms with Gasteiger partial charge in [0.2, 0.25) is 11.9 Å². The van der Waals surface area contributed by atoms with Gasteiger partial charge in [0.25, 0.3) is 5.91 Å². The van der Waals surface area contributed by atoms with E-state index in [1.807, 2.05) is 29.2 Å². The van der Waals surface area contributed by atoms with Crippen molar-refractivity contribution >= 4 is 23.7 Å². The van der Waals surface area contributed by atoms with Crippen molar-refractivity contribution in [3.05, 3.63) is 65.8 Å². The third-order valence-electron chi connectivity index (χ3n) is 6.44. The van der Waals surface area contributed by atoms with Crippen LogP contribution in [0.25, 0.3) is 0 Å². The predicted molar refractivity (Wildman–Crippen MR) is 117 cm³/mol. The van der Waals surface area contributed by atoms with E-state index in [0.717, 1.165) is 30.9 Å². The lowest BCUT2D eigenvalue weighted by Gasteiger charge is -2.33. The summed E-state index contributed by atoms with van der Waals surface area (Å²) in [6.45, 7) is 5.61. The average Bonchev–Trinajstić information content (AvgIpc) is 3.51. The lowest BCUT2D eigenvalue weighted by molar-refractivity contribution is -0.689. The van der Waals surface area contributed by atoms with Crippen molar-refractivity contribution in [1.82, 2.24) is 23.9 Å². The number of benzene rings is 1. The zero-order chi connectivity index (χ0) is 23.3. The number of carbonyl (C=O) groups excluding carboxylic acids is 2. The number of hydrogen-bond acceptors (Lipinski definition) is 4. The topological polar surface area (TPSA) is 79.6 Å². The minimum absolute atomic E-state index is 0.0750. The molecular weight excluding hydrogens is 425 g/mol. The number of urea groups is 1. The van der Waals surface area contributed by atoms with E-state index in [1.165, 1.54) is 21.9 Å². The van der Waals surface area contributed by atoms with Crippen molar-refractivity contribution < 1.29 is 18.5 Å². The fraction of sp³-hybridized carbons (Fsp3) is 0.348. The Kier molecular flexibility index (Phi) is 5.07. The number of aryl methyl sites for hydroxylation is 1. The number of aromatic nitrogens is 4. The van der Waals surface area contributed by atoms with Crippen molar-refractivity contribution in [3.63, 3.8) is 0 Å². The highest BCUT2D eigenvalue weighted by Crippen LogP contribution is 2.35. The molecular formula is C23H25FN7O2+. The Labute approximate surface area is 190 Å². The number of carbonyl (C=O) groups is 2. The molecule has 0 radical (unpaired) electrons. The van der Waals surface area contributed by atoms with Crippen LogP contribution >= 0.6 is 0 Å². The summed E-state index contributed by atoms with van der Waals surface area (Å²) in [6, 6.07) is 4.68. The molecule has 3 amide bonds. The highest BCUT2D eigenvalue weighted by molar-refractivity contribution is 6.20. The van der Waals surface area contributed by atoms with Crippen molar-refractivity contribution in [2.45, 2.75) is 45.9 Å². The molecule has 2 aliphatic rings. The number of amides is 3. The quantitative estimate of drug-likeness (QED) is 0.542. The first kappa shape index (κ1) is 21.0. The van der Waals surface area contributed by atoms with Gasteiger partial charge in [-0.3, -0.25) is 14.6 Å². The molecule has 4 heterocycles. The Bertz CT molecular complexity index is 1260. The molecule has 5 rings (SSSR count). The van der Waals surface area contributed by atoms with Crippen molar-refractivity contribution in [2.75, 3.05) is 7.05 Å². The Morgan fingerprint density at radius 1 is 1.15 bits per heavy atom. The summed E-state index contributed by atoms with van der Waals surface area (Å²) in [7, 11) is 1.64. The highest BCUT2D eigenvalue weighted by atomic mass is 19.1. The molecule has 1 unspecified atom stereocenters. The van der Waals surface area contributed by atoms with E-state index in [4.69, 9.17) is 4.99 Å². The smallest absolute Gasteiger partial charge is 0.337 e. The predicted octanol–water partition coefficient (Wildman–Crippen LogP) is 2.50. The summed E-state index contributed by atoms with van der Waals surface area (Å²) in [5.74, 6) is 0.413. The number of nitrogens with zero attached hydrogens (tertiary/aromatic N) is 7. The van der Waals surface area contributed by atoms with Gasteiger partial charge in [0, 0.05) is 26.0 Å². The van der Waals surface area contributed by atoms with Crippen LogP contribution in [0.2, 0.25) is 0 Å². The maximum Gasteiger partial charge on any atom is 0.402 e. The fourth-order valence-electron chi connectivity index (χ4n) is 4.52. The van der Waals surface area contributed by atoms with Gasteiger partial charge in [0.1, 0.15) is 17.2 Å². The lowest BCUT2D eigenvalue weighted by atomic mass is 10.1. The molecule has 1 atom stereocenters. The number of hydrogen-bond donors (Lipinski definition) is 0. The molecule has 0 saturated carbocycles. The minimum Gasteiger partial charge on any atom is -0.337 e. The molecule has 1 aromatic carbocycles. The number of halogens is 1. The van der Waals surface area contributed by atoms with Crippen LogP contribution in [-0.2, 0) is 24.4 Å². The van der Waals surface area contributed by atoms with Crippen LogP contribution in [0.5, 0.6) is 0 Å². The second-order valence-electron chi connectivity index (χ2n) is 8.41. The van der Waals surface area contributed by atoms with Gasteiger partial charge >= 0.3 is 12.0 Å². The molecule has 1 fully saturated rings. The number of likely N-dealkylation sites (N-methyl/N-ethyl adjacent to an activating group) is 1. The molecule has 0 bridgehead atoms. The molecule has 2 aromatic heterocycles. The standard InChI is InChI=1S/C23H25FN7O2/c1-15-16(2)31-19-20(26-22(31)29(15)11-4-10-28-12-9-25-14-28)27(3)23(33)30(21(19)32)13-17-5-7-18(24)8-6-17/h5-9,12,14,19H,4,10-11,13H2,1-3H3/q+1. The zero-order valence-corrected chi connectivity index (χ0v) is 18.8. The monoisotopic (exact) mass is 450 g/mol. The van der Waals surface area contributed by atoms with Crippen LogP contribution in [0.1, 0.15) is 29.4 Å². The van der Waals surface area contributed by atoms with Crippen molar-refractivity contribution in [3.8, 4) is 0 Å². The zero-order valence-electron chi connectivity index (χ0n) is 18.8. The summed E-state index contributed by atoms with van der Waals surface area (Å²) < 4.78 is 19.3. The number of imidazole rings is 2.